The fraction of sp³-hybridized carbons (Fsp3) is 0.733. The molecule has 0 aliphatic carbocycles. The highest BCUT2D eigenvalue weighted by Crippen LogP contribution is 2.13. The summed E-state index contributed by atoms with van der Waals surface area (Å²) in [4.78, 5) is 23.1. The molecule has 0 aromatic carbocycles. The first-order valence-corrected chi connectivity index (χ1v) is 13.9. The van der Waals surface area contributed by atoms with Gasteiger partial charge < -0.3 is 14.3 Å². The summed E-state index contributed by atoms with van der Waals surface area (Å²) in [5.74, 6) is -1.20. The number of nitrogens with zero attached hydrogens (tertiary/aromatic N) is 1. The van der Waals surface area contributed by atoms with Crippen LogP contribution in [0.4, 0.5) is 0 Å². The van der Waals surface area contributed by atoms with Crippen LogP contribution >= 0.6 is 0 Å². The molecule has 35 heavy (non-hydrogen) atoms. The average Bonchev–Trinajstić information content (AvgIpc) is 2.76. The lowest BCUT2D eigenvalue weighted by Gasteiger charge is -2.28. The van der Waals surface area contributed by atoms with Crippen molar-refractivity contribution in [3.8, 4) is 0 Å². The number of aliphatic carboxylic acids is 1. The van der Waals surface area contributed by atoms with Gasteiger partial charge in [0.15, 0.2) is 6.10 Å². The molecule has 0 saturated carbocycles. The zero-order chi connectivity index (χ0) is 26.2. The molecule has 0 amide bonds. The second-order valence-electron chi connectivity index (χ2n) is 10.6. The van der Waals surface area contributed by atoms with Crippen molar-refractivity contribution in [1.29, 1.82) is 0 Å². The number of carboxylic acid groups (broad SMARTS) is 1. The lowest BCUT2D eigenvalue weighted by Crippen LogP contribution is -2.43. The molecule has 1 atom stereocenters. The molecule has 0 bridgehead atoms. The molecule has 0 rings (SSSR count). The maximum Gasteiger partial charge on any atom is 0.307 e. The van der Waals surface area contributed by atoms with E-state index in [0.29, 0.717) is 17.4 Å². The zero-order valence-electron chi connectivity index (χ0n) is 23.2. The second kappa shape index (κ2) is 22.6. The van der Waals surface area contributed by atoms with Crippen LogP contribution in [0, 0.1) is 0 Å². The summed E-state index contributed by atoms with van der Waals surface area (Å²) in [6.45, 7) is 2.71. The highest BCUT2D eigenvalue weighted by molar-refractivity contribution is 5.71. The number of carbonyl (C=O) groups excluding carboxylic acids is 1. The third kappa shape index (κ3) is 26.6. The quantitative estimate of drug-likeness (QED) is 0.0689. The number of carbonyl (C=O) groups is 2. The Morgan fingerprint density at radius 1 is 0.743 bits per heavy atom. The van der Waals surface area contributed by atoms with E-state index in [1.165, 1.54) is 57.8 Å². The molecule has 202 valence electrons. The van der Waals surface area contributed by atoms with Gasteiger partial charge in [-0.15, -0.1) is 0 Å². The van der Waals surface area contributed by atoms with Crippen LogP contribution in [0.1, 0.15) is 110 Å². The molecule has 0 saturated heterocycles. The first kappa shape index (κ1) is 33.1. The molecular formula is C30H54NO4+. The highest BCUT2D eigenvalue weighted by Gasteiger charge is 2.24. The molecule has 0 heterocycles. The Bertz CT molecular complexity index is 616. The fourth-order valence-corrected chi connectivity index (χ4v) is 3.91. The molecule has 5 heteroatoms. The van der Waals surface area contributed by atoms with Crippen molar-refractivity contribution in [2.24, 2.45) is 0 Å². The molecule has 0 fully saturated rings. The van der Waals surface area contributed by atoms with Crippen molar-refractivity contribution in [2.45, 2.75) is 116 Å². The predicted molar refractivity (Wildman–Crippen MR) is 147 cm³/mol. The summed E-state index contributed by atoms with van der Waals surface area (Å²) in [6.07, 6.45) is 29.6. The van der Waals surface area contributed by atoms with E-state index in [1.807, 2.05) is 21.1 Å². The van der Waals surface area contributed by atoms with E-state index >= 15 is 0 Å². The van der Waals surface area contributed by atoms with Gasteiger partial charge in [0, 0.05) is 6.42 Å². The Hall–Kier alpha value is -1.88. The van der Waals surface area contributed by atoms with Crippen LogP contribution in [-0.2, 0) is 14.3 Å². The third-order valence-corrected chi connectivity index (χ3v) is 5.70. The largest absolute Gasteiger partial charge is 0.481 e. The normalized spacial score (nSPS) is 13.3. The van der Waals surface area contributed by atoms with Crippen molar-refractivity contribution in [2.75, 3.05) is 27.7 Å². The molecular weight excluding hydrogens is 438 g/mol. The number of hydrogen-bond donors (Lipinski definition) is 1. The molecule has 0 spiro atoms. The molecule has 1 unspecified atom stereocenters. The van der Waals surface area contributed by atoms with Crippen LogP contribution in [0.25, 0.3) is 0 Å². The van der Waals surface area contributed by atoms with Crippen molar-refractivity contribution < 1.29 is 23.9 Å². The van der Waals surface area contributed by atoms with E-state index in [2.05, 4.69) is 43.4 Å². The molecule has 0 radical (unpaired) electrons. The first-order valence-electron chi connectivity index (χ1n) is 13.9. The number of rotatable bonds is 23. The fourth-order valence-electron chi connectivity index (χ4n) is 3.91. The summed E-state index contributed by atoms with van der Waals surface area (Å²) >= 11 is 0. The van der Waals surface area contributed by atoms with Gasteiger partial charge in [0.2, 0.25) is 0 Å². The van der Waals surface area contributed by atoms with Crippen LogP contribution < -0.4 is 0 Å². The van der Waals surface area contributed by atoms with Gasteiger partial charge in [0.05, 0.1) is 27.6 Å². The van der Waals surface area contributed by atoms with E-state index in [4.69, 9.17) is 9.84 Å². The topological polar surface area (TPSA) is 63.6 Å². The number of allylic oxidation sites excluding steroid dienone is 6. The van der Waals surface area contributed by atoms with Gasteiger partial charge in [0.25, 0.3) is 0 Å². The summed E-state index contributed by atoms with van der Waals surface area (Å²) in [6, 6.07) is 0. The van der Waals surface area contributed by atoms with E-state index in [9.17, 15) is 9.59 Å². The number of hydrogen-bond acceptors (Lipinski definition) is 3. The van der Waals surface area contributed by atoms with Crippen molar-refractivity contribution >= 4 is 11.9 Å². The summed E-state index contributed by atoms with van der Waals surface area (Å²) in [5.41, 5.74) is 0. The summed E-state index contributed by atoms with van der Waals surface area (Å²) in [5, 5.41) is 9.04. The Labute approximate surface area is 215 Å². The van der Waals surface area contributed by atoms with E-state index in [0.717, 1.165) is 32.1 Å². The van der Waals surface area contributed by atoms with E-state index in [-0.39, 0.29) is 12.4 Å². The lowest BCUT2D eigenvalue weighted by atomic mass is 10.1. The van der Waals surface area contributed by atoms with Crippen LogP contribution in [0.2, 0.25) is 0 Å². The van der Waals surface area contributed by atoms with E-state index < -0.39 is 12.1 Å². The van der Waals surface area contributed by atoms with Gasteiger partial charge >= 0.3 is 11.9 Å². The van der Waals surface area contributed by atoms with Crippen LogP contribution in [-0.4, -0.2) is 55.3 Å². The molecule has 1 N–H and O–H groups in total. The number of unbranched alkanes of at least 4 members (excludes halogenated alkanes) is 10. The van der Waals surface area contributed by atoms with Crippen molar-refractivity contribution in [3.63, 3.8) is 0 Å². The van der Waals surface area contributed by atoms with Gasteiger partial charge in [-0.3, -0.25) is 9.59 Å². The third-order valence-electron chi connectivity index (χ3n) is 5.70. The monoisotopic (exact) mass is 492 g/mol. The summed E-state index contributed by atoms with van der Waals surface area (Å²) in [7, 11) is 5.90. The SMILES string of the molecule is CCC/C=C/C/C=C/C/C=C/CCCCCCCCCCCC(=O)OC(CC(=O)O)C[N+](C)(C)C. The Balaban J connectivity index is 3.58. The molecule has 0 aliphatic rings. The zero-order valence-corrected chi connectivity index (χ0v) is 23.2. The van der Waals surface area contributed by atoms with Gasteiger partial charge in [-0.25, -0.2) is 0 Å². The average molecular weight is 493 g/mol. The molecule has 5 nitrogen and oxygen atoms in total. The number of carboxylic acids is 1. The highest BCUT2D eigenvalue weighted by atomic mass is 16.5. The minimum absolute atomic E-state index is 0.133. The Morgan fingerprint density at radius 2 is 1.23 bits per heavy atom. The maximum atomic E-state index is 12.1. The first-order chi connectivity index (χ1) is 16.7. The minimum atomic E-state index is -0.929. The number of quaternary nitrogens is 1. The molecule has 0 aromatic heterocycles. The predicted octanol–water partition coefficient (Wildman–Crippen LogP) is 7.62. The smallest absolute Gasteiger partial charge is 0.307 e. The summed E-state index contributed by atoms with van der Waals surface area (Å²) < 4.78 is 6.00. The van der Waals surface area contributed by atoms with Crippen molar-refractivity contribution in [3.05, 3.63) is 36.5 Å². The molecule has 0 aliphatic heterocycles. The van der Waals surface area contributed by atoms with Crippen LogP contribution in [0.5, 0.6) is 0 Å². The minimum Gasteiger partial charge on any atom is -0.481 e. The standard InChI is InChI=1S/C30H53NO4/c1-5-6-7-8-9-10-11-12-13-14-15-16-17-18-19-20-21-22-23-24-25-30(34)35-28(26-29(32)33)27-31(2,3)4/h7-8,10-11,13-14,28H,5-6,9,12,15-27H2,1-4H3/p+1/b8-7+,11-10+,14-13+. The number of ether oxygens (including phenoxy) is 1. The molecule has 0 aromatic rings. The Kier molecular flexibility index (Phi) is 21.4. The number of likely N-dealkylation sites (N-methyl/N-ethyl adjacent to an activating group) is 1. The maximum absolute atomic E-state index is 12.1. The van der Waals surface area contributed by atoms with Gasteiger partial charge in [0.1, 0.15) is 6.54 Å². The lowest BCUT2D eigenvalue weighted by molar-refractivity contribution is -0.873. The van der Waals surface area contributed by atoms with Gasteiger partial charge in [-0.1, -0.05) is 94.7 Å². The van der Waals surface area contributed by atoms with Gasteiger partial charge in [-0.2, -0.15) is 0 Å². The Morgan fingerprint density at radius 3 is 1.74 bits per heavy atom. The van der Waals surface area contributed by atoms with Crippen LogP contribution in [0.15, 0.2) is 36.5 Å². The van der Waals surface area contributed by atoms with Gasteiger partial charge in [-0.05, 0) is 38.5 Å². The van der Waals surface area contributed by atoms with E-state index in [1.54, 1.807) is 0 Å². The second-order valence-corrected chi connectivity index (χ2v) is 10.6. The van der Waals surface area contributed by atoms with Crippen LogP contribution in [0.3, 0.4) is 0 Å². The van der Waals surface area contributed by atoms with Crippen molar-refractivity contribution in [1.82, 2.24) is 0 Å². The number of esters is 1.